The summed E-state index contributed by atoms with van der Waals surface area (Å²) < 4.78 is 0. The maximum absolute atomic E-state index is 13.5. The monoisotopic (exact) mass is 420 g/mol. The van der Waals surface area contributed by atoms with E-state index in [2.05, 4.69) is 5.32 Å². The molecule has 2 aliphatic heterocycles. The molecule has 0 saturated carbocycles. The third-order valence-corrected chi connectivity index (χ3v) is 6.45. The molecule has 2 aromatic rings. The lowest BCUT2D eigenvalue weighted by Gasteiger charge is -2.34. The lowest BCUT2D eigenvalue weighted by molar-refractivity contribution is -0.151. The molecule has 2 fully saturated rings. The Morgan fingerprint density at radius 3 is 2.23 bits per heavy atom. The molecule has 2 amide bonds. The molecule has 160 valence electrons. The average molecular weight is 420 g/mol. The predicted molar refractivity (Wildman–Crippen MR) is 114 cm³/mol. The van der Waals surface area contributed by atoms with Crippen molar-refractivity contribution in [1.29, 1.82) is 5.41 Å². The number of para-hydroxylation sites is 1. The van der Waals surface area contributed by atoms with Crippen molar-refractivity contribution < 1.29 is 19.5 Å². The molecular weight excluding hydrogens is 396 g/mol. The second-order valence-corrected chi connectivity index (χ2v) is 8.34. The quantitative estimate of drug-likeness (QED) is 0.331. The van der Waals surface area contributed by atoms with Gasteiger partial charge in [-0.05, 0) is 23.6 Å². The number of amides is 2. The van der Waals surface area contributed by atoms with Gasteiger partial charge < -0.3 is 10.8 Å². The summed E-state index contributed by atoms with van der Waals surface area (Å²) in [6.07, 6.45) is 0. The molecule has 0 radical (unpaired) electrons. The minimum absolute atomic E-state index is 0.0896. The maximum Gasteiger partial charge on any atom is 0.325 e. The smallest absolute Gasteiger partial charge is 0.325 e. The second kappa shape index (κ2) is 7.31. The van der Waals surface area contributed by atoms with Crippen molar-refractivity contribution >= 4 is 29.3 Å². The number of hydrogen-bond acceptors (Lipinski definition) is 5. The number of anilines is 1. The largest absolute Gasteiger partial charge is 0.480 e. The topological polar surface area (TPSA) is 137 Å². The zero-order valence-corrected chi connectivity index (χ0v) is 17.2. The van der Waals surface area contributed by atoms with Crippen LogP contribution in [0.4, 0.5) is 5.69 Å². The number of nitrogen functional groups attached to an aromatic ring is 1. The summed E-state index contributed by atoms with van der Waals surface area (Å²) in [5, 5.41) is 21.0. The normalized spacial score (nSPS) is 27.6. The molecule has 0 aliphatic carbocycles. The van der Waals surface area contributed by atoms with Crippen molar-refractivity contribution in [2.45, 2.75) is 25.4 Å². The zero-order valence-electron chi connectivity index (χ0n) is 17.2. The van der Waals surface area contributed by atoms with E-state index in [1.807, 2.05) is 0 Å². The molecule has 2 saturated heterocycles. The highest BCUT2D eigenvalue weighted by atomic mass is 16.4. The Hall–Kier alpha value is -3.52. The van der Waals surface area contributed by atoms with Gasteiger partial charge in [0.1, 0.15) is 11.4 Å². The second-order valence-electron chi connectivity index (χ2n) is 8.34. The number of imide groups is 1. The summed E-state index contributed by atoms with van der Waals surface area (Å²) in [7, 11) is 0. The Bertz CT molecular complexity index is 1070. The Morgan fingerprint density at radius 1 is 1.10 bits per heavy atom. The van der Waals surface area contributed by atoms with Crippen molar-refractivity contribution in [2.24, 2.45) is 23.5 Å². The number of rotatable bonds is 5. The highest BCUT2D eigenvalue weighted by molar-refractivity contribution is 6.24. The van der Waals surface area contributed by atoms with Gasteiger partial charge in [0.25, 0.3) is 0 Å². The van der Waals surface area contributed by atoms with Gasteiger partial charge in [-0.15, -0.1) is 0 Å². The van der Waals surface area contributed by atoms with Gasteiger partial charge in [0.05, 0.1) is 17.5 Å². The summed E-state index contributed by atoms with van der Waals surface area (Å²) in [5.74, 6) is -4.54. The van der Waals surface area contributed by atoms with Crippen molar-refractivity contribution in [1.82, 2.24) is 5.32 Å². The summed E-state index contributed by atoms with van der Waals surface area (Å²) in [6, 6.07) is 14.6. The Morgan fingerprint density at radius 2 is 1.71 bits per heavy atom. The highest BCUT2D eigenvalue weighted by Crippen LogP contribution is 2.52. The van der Waals surface area contributed by atoms with Gasteiger partial charge >= 0.3 is 5.97 Å². The minimum Gasteiger partial charge on any atom is -0.480 e. The third-order valence-electron chi connectivity index (χ3n) is 6.45. The van der Waals surface area contributed by atoms with Crippen LogP contribution in [-0.2, 0) is 14.4 Å². The zero-order chi connectivity index (χ0) is 22.5. The number of carbonyl (C=O) groups is 3. The fourth-order valence-corrected chi connectivity index (χ4v) is 4.90. The van der Waals surface area contributed by atoms with Gasteiger partial charge in [0.2, 0.25) is 11.8 Å². The molecule has 4 atom stereocenters. The maximum atomic E-state index is 13.5. The van der Waals surface area contributed by atoms with Crippen LogP contribution in [0.25, 0.3) is 0 Å². The van der Waals surface area contributed by atoms with Crippen molar-refractivity contribution in [3.05, 3.63) is 65.7 Å². The first-order valence-electron chi connectivity index (χ1n) is 10.1. The van der Waals surface area contributed by atoms with Gasteiger partial charge in [0, 0.05) is 11.6 Å². The molecular formula is C23H24N4O4. The average Bonchev–Trinajstić information content (AvgIpc) is 3.24. The molecule has 0 aromatic heterocycles. The summed E-state index contributed by atoms with van der Waals surface area (Å²) in [6.45, 7) is 3.48. The third kappa shape index (κ3) is 2.94. The lowest BCUT2D eigenvalue weighted by Crippen LogP contribution is -2.59. The number of benzene rings is 2. The Balaban J connectivity index is 1.85. The molecule has 2 aromatic carbocycles. The van der Waals surface area contributed by atoms with E-state index in [9.17, 15) is 19.5 Å². The standard InChI is InChI=1S/C23H24N4O4/c1-12(2)23(22(30)31)17-16(18(26-23)13-8-10-14(11-9-13)19(24)25)20(28)27(21(17)29)15-6-4-3-5-7-15/h3-12,16-18,26H,1-2H3,(H3,24,25)(H,30,31). The molecule has 8 nitrogen and oxygen atoms in total. The number of amidine groups is 1. The van der Waals surface area contributed by atoms with Crippen molar-refractivity contribution in [2.75, 3.05) is 4.90 Å². The SMILES string of the molecule is CC(C)C1(C(=O)O)NC(c2ccc(C(=N)N)cc2)C2C(=O)N(c3ccccc3)C(=O)C21. The van der Waals surface area contributed by atoms with E-state index >= 15 is 0 Å². The van der Waals surface area contributed by atoms with E-state index < -0.39 is 47.1 Å². The fourth-order valence-electron chi connectivity index (χ4n) is 4.90. The summed E-state index contributed by atoms with van der Waals surface area (Å²) in [4.78, 5) is 40.7. The summed E-state index contributed by atoms with van der Waals surface area (Å²) in [5.41, 5.74) is 5.56. The van der Waals surface area contributed by atoms with E-state index in [0.29, 0.717) is 16.8 Å². The van der Waals surface area contributed by atoms with Gasteiger partial charge in [-0.3, -0.25) is 25.1 Å². The molecule has 0 spiro atoms. The van der Waals surface area contributed by atoms with Crippen LogP contribution in [0.5, 0.6) is 0 Å². The van der Waals surface area contributed by atoms with Crippen LogP contribution in [0, 0.1) is 23.2 Å². The molecule has 5 N–H and O–H groups in total. The minimum atomic E-state index is -1.59. The van der Waals surface area contributed by atoms with E-state index in [0.717, 1.165) is 4.90 Å². The van der Waals surface area contributed by atoms with Crippen LogP contribution < -0.4 is 16.0 Å². The lowest BCUT2D eigenvalue weighted by atomic mass is 9.73. The number of carboxylic acid groups (broad SMARTS) is 1. The number of carbonyl (C=O) groups excluding carboxylic acids is 2. The van der Waals surface area contributed by atoms with Gasteiger partial charge in [-0.25, -0.2) is 4.90 Å². The number of aliphatic carboxylic acids is 1. The number of nitrogens with one attached hydrogen (secondary N) is 2. The molecule has 0 bridgehead atoms. The Labute approximate surface area is 179 Å². The molecule has 2 aliphatic rings. The van der Waals surface area contributed by atoms with Crippen molar-refractivity contribution in [3.8, 4) is 0 Å². The summed E-state index contributed by atoms with van der Waals surface area (Å²) >= 11 is 0. The van der Waals surface area contributed by atoms with Crippen LogP contribution in [0.2, 0.25) is 0 Å². The first-order valence-corrected chi connectivity index (χ1v) is 10.1. The van der Waals surface area contributed by atoms with Crippen LogP contribution in [-0.4, -0.2) is 34.3 Å². The number of fused-ring (bicyclic) bond motifs is 1. The van der Waals surface area contributed by atoms with Crippen LogP contribution in [0.1, 0.15) is 31.0 Å². The highest BCUT2D eigenvalue weighted by Gasteiger charge is 2.69. The van der Waals surface area contributed by atoms with E-state index in [1.54, 1.807) is 68.4 Å². The first kappa shape index (κ1) is 20.7. The Kier molecular flexibility index (Phi) is 4.89. The molecule has 4 unspecified atom stereocenters. The molecule has 2 heterocycles. The van der Waals surface area contributed by atoms with Crippen LogP contribution in [0.3, 0.4) is 0 Å². The molecule has 4 rings (SSSR count). The van der Waals surface area contributed by atoms with Crippen LogP contribution in [0.15, 0.2) is 54.6 Å². The van der Waals surface area contributed by atoms with E-state index in [1.165, 1.54) is 0 Å². The van der Waals surface area contributed by atoms with E-state index in [-0.39, 0.29) is 5.84 Å². The van der Waals surface area contributed by atoms with Crippen LogP contribution >= 0.6 is 0 Å². The van der Waals surface area contributed by atoms with Gasteiger partial charge in [0.15, 0.2) is 0 Å². The fraction of sp³-hybridized carbons (Fsp3) is 0.304. The van der Waals surface area contributed by atoms with Crippen molar-refractivity contribution in [3.63, 3.8) is 0 Å². The van der Waals surface area contributed by atoms with Gasteiger partial charge in [-0.1, -0.05) is 56.3 Å². The number of hydrogen-bond donors (Lipinski definition) is 4. The first-order chi connectivity index (χ1) is 14.7. The number of nitrogens with zero attached hydrogens (tertiary/aromatic N) is 1. The van der Waals surface area contributed by atoms with Gasteiger partial charge in [-0.2, -0.15) is 0 Å². The molecule has 8 heteroatoms. The predicted octanol–water partition coefficient (Wildman–Crippen LogP) is 1.90. The number of nitrogens with two attached hydrogens (primary N) is 1. The number of carboxylic acids is 1. The molecule has 31 heavy (non-hydrogen) atoms. The van der Waals surface area contributed by atoms with E-state index in [4.69, 9.17) is 11.1 Å².